The van der Waals surface area contributed by atoms with E-state index in [1.54, 1.807) is 0 Å². The Balaban J connectivity index is 1.94. The Morgan fingerprint density at radius 1 is 1.21 bits per heavy atom. The lowest BCUT2D eigenvalue weighted by atomic mass is 10.0. The van der Waals surface area contributed by atoms with E-state index in [0.717, 1.165) is 18.9 Å². The van der Waals surface area contributed by atoms with Crippen molar-refractivity contribution in [1.82, 2.24) is 9.21 Å². The Kier molecular flexibility index (Phi) is 6.16. The van der Waals surface area contributed by atoms with Crippen LogP contribution in [0.25, 0.3) is 0 Å². The number of aliphatic hydroxyl groups is 1. The van der Waals surface area contributed by atoms with Gasteiger partial charge in [0.1, 0.15) is 10.9 Å². The molecule has 1 atom stereocenters. The van der Waals surface area contributed by atoms with Crippen molar-refractivity contribution < 1.29 is 23.2 Å². The van der Waals surface area contributed by atoms with Gasteiger partial charge in [-0.1, -0.05) is 0 Å². The highest BCUT2D eigenvalue weighted by Gasteiger charge is 2.34. The van der Waals surface area contributed by atoms with Crippen LogP contribution in [0, 0.1) is 10.1 Å². The molecule has 2 heterocycles. The fourth-order valence-corrected chi connectivity index (χ4v) is 5.32. The summed E-state index contributed by atoms with van der Waals surface area (Å²) in [4.78, 5) is 24.5. The van der Waals surface area contributed by atoms with E-state index in [1.165, 1.54) is 21.3 Å². The number of sulfonamides is 1. The summed E-state index contributed by atoms with van der Waals surface area (Å²) in [5.74, 6) is -0.219. The molecule has 1 aromatic rings. The predicted octanol–water partition coefficient (Wildman–Crippen LogP) is 0.774. The lowest BCUT2D eigenvalue weighted by molar-refractivity contribution is -0.385. The smallest absolute Gasteiger partial charge is 0.270 e. The normalized spacial score (nSPS) is 21.1. The molecule has 0 spiro atoms. The van der Waals surface area contributed by atoms with Gasteiger partial charge in [0, 0.05) is 38.3 Å². The number of β-amino-alcohol motifs (C(OH)–C–C–N with tert-alkyl or cyclic N) is 1. The van der Waals surface area contributed by atoms with Gasteiger partial charge in [-0.05, 0) is 31.7 Å². The molecule has 28 heavy (non-hydrogen) atoms. The Labute approximate surface area is 163 Å². The van der Waals surface area contributed by atoms with Crippen LogP contribution in [0.15, 0.2) is 23.1 Å². The van der Waals surface area contributed by atoms with Crippen LogP contribution >= 0.6 is 0 Å². The van der Waals surface area contributed by atoms with Crippen molar-refractivity contribution in [2.75, 3.05) is 38.1 Å². The number of amides is 1. The standard InChI is InChI=1S/C17H24N4O6S/c22-11-10-19-7-3-4-15(17(19)23)18-14-6-5-13(21(24)25)12-16(14)28(26,27)20-8-1-2-9-20/h5-6,12,15,18,22H,1-4,7-11H2/t15-/m0/s1. The minimum atomic E-state index is -3.92. The van der Waals surface area contributed by atoms with Gasteiger partial charge in [0.2, 0.25) is 15.9 Å². The minimum absolute atomic E-state index is 0.148. The van der Waals surface area contributed by atoms with Gasteiger partial charge in [-0.15, -0.1) is 0 Å². The Bertz CT molecular complexity index is 851. The fraction of sp³-hybridized carbons (Fsp3) is 0.588. The topological polar surface area (TPSA) is 133 Å². The number of aliphatic hydroxyl groups excluding tert-OH is 1. The van der Waals surface area contributed by atoms with Gasteiger partial charge in [-0.25, -0.2) is 8.42 Å². The van der Waals surface area contributed by atoms with E-state index in [9.17, 15) is 23.3 Å². The maximum absolute atomic E-state index is 13.1. The summed E-state index contributed by atoms with van der Waals surface area (Å²) < 4.78 is 27.4. The van der Waals surface area contributed by atoms with E-state index in [0.29, 0.717) is 32.5 Å². The molecular weight excluding hydrogens is 388 g/mol. The van der Waals surface area contributed by atoms with E-state index < -0.39 is 21.0 Å². The van der Waals surface area contributed by atoms with Gasteiger partial charge in [0.25, 0.3) is 5.69 Å². The Hall–Kier alpha value is -2.24. The summed E-state index contributed by atoms with van der Waals surface area (Å²) in [5, 5.41) is 23.2. The van der Waals surface area contributed by atoms with Crippen LogP contribution < -0.4 is 5.32 Å². The van der Waals surface area contributed by atoms with Crippen molar-refractivity contribution in [3.05, 3.63) is 28.3 Å². The number of nitrogens with one attached hydrogen (secondary N) is 1. The third kappa shape index (κ3) is 4.10. The second kappa shape index (κ2) is 8.41. The second-order valence-corrected chi connectivity index (χ2v) is 8.84. The van der Waals surface area contributed by atoms with E-state index in [4.69, 9.17) is 5.11 Å². The summed E-state index contributed by atoms with van der Waals surface area (Å²) >= 11 is 0. The molecule has 0 saturated carbocycles. The molecule has 10 nitrogen and oxygen atoms in total. The average Bonchev–Trinajstić information content (AvgIpc) is 3.21. The summed E-state index contributed by atoms with van der Waals surface area (Å²) in [5.41, 5.74) is -0.137. The number of piperidine rings is 1. The van der Waals surface area contributed by atoms with Gasteiger partial charge in [-0.3, -0.25) is 14.9 Å². The number of rotatable bonds is 7. The molecule has 2 fully saturated rings. The molecule has 0 aromatic heterocycles. The molecule has 0 radical (unpaired) electrons. The van der Waals surface area contributed by atoms with Crippen LogP contribution in [0.2, 0.25) is 0 Å². The molecule has 2 aliphatic heterocycles. The van der Waals surface area contributed by atoms with Crippen molar-refractivity contribution in [1.29, 1.82) is 0 Å². The zero-order valence-corrected chi connectivity index (χ0v) is 16.2. The summed E-state index contributed by atoms with van der Waals surface area (Å²) in [6, 6.07) is 2.98. The number of nitrogens with zero attached hydrogens (tertiary/aromatic N) is 3. The summed E-state index contributed by atoms with van der Waals surface area (Å²) in [6.07, 6.45) is 2.72. The highest BCUT2D eigenvalue weighted by atomic mass is 32.2. The van der Waals surface area contributed by atoms with Crippen molar-refractivity contribution >= 4 is 27.3 Å². The molecule has 2 N–H and O–H groups in total. The minimum Gasteiger partial charge on any atom is -0.395 e. The molecule has 2 saturated heterocycles. The maximum Gasteiger partial charge on any atom is 0.270 e. The highest BCUT2D eigenvalue weighted by Crippen LogP contribution is 2.32. The number of hydrogen-bond donors (Lipinski definition) is 2. The van der Waals surface area contributed by atoms with Crippen molar-refractivity contribution in [3.63, 3.8) is 0 Å². The number of benzene rings is 1. The molecule has 0 bridgehead atoms. The zero-order chi connectivity index (χ0) is 20.3. The maximum atomic E-state index is 13.1. The van der Waals surface area contributed by atoms with Gasteiger partial charge in [-0.2, -0.15) is 4.31 Å². The zero-order valence-electron chi connectivity index (χ0n) is 15.4. The van der Waals surface area contributed by atoms with Gasteiger partial charge in [0.15, 0.2) is 0 Å². The molecular formula is C17H24N4O6S. The second-order valence-electron chi connectivity index (χ2n) is 6.94. The molecule has 0 unspecified atom stereocenters. The molecule has 154 valence electrons. The number of nitro groups is 1. The first kappa shape index (κ1) is 20.5. The van der Waals surface area contributed by atoms with Crippen molar-refractivity contribution in [3.8, 4) is 0 Å². The van der Waals surface area contributed by atoms with Crippen molar-refractivity contribution in [2.24, 2.45) is 0 Å². The Morgan fingerprint density at radius 3 is 2.57 bits per heavy atom. The first-order valence-electron chi connectivity index (χ1n) is 9.29. The van der Waals surface area contributed by atoms with E-state index in [-0.39, 0.29) is 35.3 Å². The fourth-order valence-electron chi connectivity index (χ4n) is 3.63. The number of nitro benzene ring substituents is 1. The third-order valence-electron chi connectivity index (χ3n) is 5.09. The average molecular weight is 412 g/mol. The number of non-ortho nitro benzene ring substituents is 1. The van der Waals surface area contributed by atoms with E-state index in [1.807, 2.05) is 0 Å². The van der Waals surface area contributed by atoms with Crippen LogP contribution in [-0.4, -0.2) is 72.4 Å². The first-order chi connectivity index (χ1) is 13.3. The van der Waals surface area contributed by atoms with E-state index in [2.05, 4.69) is 5.32 Å². The predicted molar refractivity (Wildman–Crippen MR) is 101 cm³/mol. The molecule has 1 aromatic carbocycles. The van der Waals surface area contributed by atoms with Crippen LogP contribution in [0.3, 0.4) is 0 Å². The van der Waals surface area contributed by atoms with Crippen LogP contribution in [0.5, 0.6) is 0 Å². The Morgan fingerprint density at radius 2 is 1.93 bits per heavy atom. The summed E-state index contributed by atoms with van der Waals surface area (Å²) in [6.45, 7) is 1.35. The first-order valence-corrected chi connectivity index (χ1v) is 10.7. The van der Waals surface area contributed by atoms with Crippen LogP contribution in [0.1, 0.15) is 25.7 Å². The van der Waals surface area contributed by atoms with Gasteiger partial charge < -0.3 is 15.3 Å². The largest absolute Gasteiger partial charge is 0.395 e. The number of anilines is 1. The monoisotopic (exact) mass is 412 g/mol. The van der Waals surface area contributed by atoms with Crippen LogP contribution in [0.4, 0.5) is 11.4 Å². The third-order valence-corrected chi connectivity index (χ3v) is 7.03. The van der Waals surface area contributed by atoms with Gasteiger partial charge >= 0.3 is 0 Å². The molecule has 0 aliphatic carbocycles. The number of likely N-dealkylation sites (tertiary alicyclic amines) is 1. The number of carbonyl (C=O) groups is 1. The van der Waals surface area contributed by atoms with Crippen LogP contribution in [-0.2, 0) is 14.8 Å². The summed E-state index contributed by atoms with van der Waals surface area (Å²) in [7, 11) is -3.92. The lowest BCUT2D eigenvalue weighted by Gasteiger charge is -2.33. The quantitative estimate of drug-likeness (QED) is 0.499. The number of carbonyl (C=O) groups excluding carboxylic acids is 1. The number of hydrogen-bond acceptors (Lipinski definition) is 7. The molecule has 1 amide bonds. The van der Waals surface area contributed by atoms with Crippen molar-refractivity contribution in [2.45, 2.75) is 36.6 Å². The molecule has 11 heteroatoms. The van der Waals surface area contributed by atoms with Gasteiger partial charge in [0.05, 0.1) is 17.2 Å². The lowest BCUT2D eigenvalue weighted by Crippen LogP contribution is -2.48. The van der Waals surface area contributed by atoms with E-state index >= 15 is 0 Å². The molecule has 2 aliphatic rings. The highest BCUT2D eigenvalue weighted by molar-refractivity contribution is 7.89. The SMILES string of the molecule is O=C1[C@@H](Nc2ccc([N+](=O)[O-])cc2S(=O)(=O)N2CCCC2)CCCN1CCO. The molecule has 3 rings (SSSR count).